The third kappa shape index (κ3) is 2.95. The van der Waals surface area contributed by atoms with Crippen molar-refractivity contribution >= 4 is 11.0 Å². The van der Waals surface area contributed by atoms with Crippen molar-refractivity contribution in [2.24, 2.45) is 0 Å². The molecule has 2 heterocycles. The molecule has 0 aliphatic carbocycles. The first-order chi connectivity index (χ1) is 9.31. The van der Waals surface area contributed by atoms with Crippen LogP contribution < -0.4 is 5.32 Å². The van der Waals surface area contributed by atoms with E-state index in [-0.39, 0.29) is 5.82 Å². The zero-order valence-corrected chi connectivity index (χ0v) is 10.6. The number of nitrogens with one attached hydrogen (secondary N) is 1. The summed E-state index contributed by atoms with van der Waals surface area (Å²) in [7, 11) is 0. The Morgan fingerprint density at radius 3 is 2.95 bits per heavy atom. The minimum absolute atomic E-state index is 0.256. The van der Waals surface area contributed by atoms with Crippen LogP contribution in [0.1, 0.15) is 5.76 Å². The molecular formula is C15H15FN2O. The normalized spacial score (nSPS) is 16.3. The highest BCUT2D eigenvalue weighted by molar-refractivity contribution is 5.78. The molecule has 3 nitrogen and oxygen atoms in total. The van der Waals surface area contributed by atoms with Crippen molar-refractivity contribution in [3.8, 4) is 11.8 Å². The highest BCUT2D eigenvalue weighted by atomic mass is 19.1. The van der Waals surface area contributed by atoms with Gasteiger partial charge in [-0.3, -0.25) is 4.90 Å². The molecule has 98 valence electrons. The summed E-state index contributed by atoms with van der Waals surface area (Å²) in [4.78, 5) is 2.30. The summed E-state index contributed by atoms with van der Waals surface area (Å²) in [5.41, 5.74) is 0.674. The molecule has 0 radical (unpaired) electrons. The summed E-state index contributed by atoms with van der Waals surface area (Å²) in [6.45, 7) is 4.84. The third-order valence-electron chi connectivity index (χ3n) is 3.20. The average Bonchev–Trinajstić information content (AvgIpc) is 2.82. The number of hydrogen-bond acceptors (Lipinski definition) is 3. The molecule has 1 aliphatic rings. The number of halogens is 1. The maximum atomic E-state index is 13.1. The number of fused-ring (bicyclic) bond motifs is 1. The average molecular weight is 258 g/mol. The van der Waals surface area contributed by atoms with Crippen LogP contribution in [0.3, 0.4) is 0 Å². The van der Waals surface area contributed by atoms with Crippen molar-refractivity contribution in [1.82, 2.24) is 10.2 Å². The highest BCUT2D eigenvalue weighted by Crippen LogP contribution is 2.19. The lowest BCUT2D eigenvalue weighted by molar-refractivity contribution is 0.268. The molecule has 1 saturated heterocycles. The van der Waals surface area contributed by atoms with Crippen molar-refractivity contribution < 1.29 is 8.81 Å². The summed E-state index contributed by atoms with van der Waals surface area (Å²) >= 11 is 0. The molecule has 1 aromatic carbocycles. The van der Waals surface area contributed by atoms with E-state index in [2.05, 4.69) is 22.1 Å². The molecule has 1 aliphatic heterocycles. The molecule has 19 heavy (non-hydrogen) atoms. The molecule has 1 N–H and O–H groups in total. The van der Waals surface area contributed by atoms with Gasteiger partial charge in [0, 0.05) is 37.6 Å². The zero-order valence-electron chi connectivity index (χ0n) is 10.6. The smallest absolute Gasteiger partial charge is 0.178 e. The Balaban J connectivity index is 1.71. The minimum atomic E-state index is -0.256. The quantitative estimate of drug-likeness (QED) is 0.791. The fourth-order valence-electron chi connectivity index (χ4n) is 2.18. The van der Waals surface area contributed by atoms with Crippen LogP contribution in [0.15, 0.2) is 28.7 Å². The number of rotatable bonds is 1. The van der Waals surface area contributed by atoms with E-state index < -0.39 is 0 Å². The van der Waals surface area contributed by atoms with Crippen LogP contribution in [0.25, 0.3) is 11.0 Å². The molecule has 1 aromatic heterocycles. The second-order valence-electron chi connectivity index (χ2n) is 4.62. The number of furan rings is 1. The molecule has 0 spiro atoms. The number of benzene rings is 1. The van der Waals surface area contributed by atoms with Crippen LogP contribution in [0.5, 0.6) is 0 Å². The van der Waals surface area contributed by atoms with Gasteiger partial charge in [-0.15, -0.1) is 0 Å². The SMILES string of the molecule is Fc1ccc2oc(C#CCN3CCNCC3)cc2c1. The molecular weight excluding hydrogens is 243 g/mol. The topological polar surface area (TPSA) is 28.4 Å². The van der Waals surface area contributed by atoms with E-state index in [1.807, 2.05) is 0 Å². The van der Waals surface area contributed by atoms with Gasteiger partial charge in [0.1, 0.15) is 11.4 Å². The Kier molecular flexibility index (Phi) is 3.49. The van der Waals surface area contributed by atoms with Gasteiger partial charge in [0.05, 0.1) is 6.54 Å². The molecule has 0 unspecified atom stereocenters. The van der Waals surface area contributed by atoms with Gasteiger partial charge in [-0.1, -0.05) is 5.92 Å². The molecule has 4 heteroatoms. The second-order valence-corrected chi connectivity index (χ2v) is 4.62. The molecule has 2 aromatic rings. The number of nitrogens with zero attached hydrogens (tertiary/aromatic N) is 1. The first-order valence-electron chi connectivity index (χ1n) is 6.42. The third-order valence-corrected chi connectivity index (χ3v) is 3.20. The van der Waals surface area contributed by atoms with E-state index in [4.69, 9.17) is 4.42 Å². The molecule has 0 saturated carbocycles. The van der Waals surface area contributed by atoms with Crippen molar-refractivity contribution in [2.75, 3.05) is 32.7 Å². The standard InChI is InChI=1S/C15H15FN2O/c16-13-3-4-15-12(10-13)11-14(19-15)2-1-7-18-8-5-17-6-9-18/h3-4,10-11,17H,5-9H2. The maximum absolute atomic E-state index is 13.1. The van der Waals surface area contributed by atoms with Gasteiger partial charge in [-0.25, -0.2) is 4.39 Å². The van der Waals surface area contributed by atoms with Gasteiger partial charge < -0.3 is 9.73 Å². The van der Waals surface area contributed by atoms with Gasteiger partial charge in [0.2, 0.25) is 0 Å². The van der Waals surface area contributed by atoms with Gasteiger partial charge in [-0.05, 0) is 24.1 Å². The summed E-state index contributed by atoms with van der Waals surface area (Å²) in [6.07, 6.45) is 0. The predicted octanol–water partition coefficient (Wildman–Crippen LogP) is 1.83. The fourth-order valence-corrected chi connectivity index (χ4v) is 2.18. The summed E-state index contributed by atoms with van der Waals surface area (Å²) < 4.78 is 18.6. The van der Waals surface area contributed by atoms with Crippen LogP contribution in [0.4, 0.5) is 4.39 Å². The van der Waals surface area contributed by atoms with Gasteiger partial charge in [-0.2, -0.15) is 0 Å². The largest absolute Gasteiger partial charge is 0.448 e. The lowest BCUT2D eigenvalue weighted by atomic mass is 10.2. The first-order valence-corrected chi connectivity index (χ1v) is 6.42. The summed E-state index contributed by atoms with van der Waals surface area (Å²) in [5.74, 6) is 6.44. The van der Waals surface area contributed by atoms with Crippen molar-refractivity contribution in [1.29, 1.82) is 0 Å². The minimum Gasteiger partial charge on any atom is -0.448 e. The predicted molar refractivity (Wildman–Crippen MR) is 72.4 cm³/mol. The fraction of sp³-hybridized carbons (Fsp3) is 0.333. The Bertz CT molecular complexity index is 632. The van der Waals surface area contributed by atoms with Crippen LogP contribution in [-0.2, 0) is 0 Å². The molecule has 0 bridgehead atoms. The van der Waals surface area contributed by atoms with Crippen LogP contribution >= 0.6 is 0 Å². The number of piperazine rings is 1. The van der Waals surface area contributed by atoms with Crippen LogP contribution in [0.2, 0.25) is 0 Å². The lowest BCUT2D eigenvalue weighted by Gasteiger charge is -2.24. The monoisotopic (exact) mass is 258 g/mol. The Hall–Kier alpha value is -1.83. The van der Waals surface area contributed by atoms with Crippen LogP contribution in [-0.4, -0.2) is 37.6 Å². The van der Waals surface area contributed by atoms with E-state index in [9.17, 15) is 4.39 Å². The van der Waals surface area contributed by atoms with Gasteiger partial charge in [0.25, 0.3) is 0 Å². The van der Waals surface area contributed by atoms with E-state index in [0.29, 0.717) is 11.3 Å². The van der Waals surface area contributed by atoms with E-state index >= 15 is 0 Å². The maximum Gasteiger partial charge on any atom is 0.178 e. The van der Waals surface area contributed by atoms with Crippen LogP contribution in [0, 0.1) is 17.7 Å². The Labute approximate surface area is 111 Å². The van der Waals surface area contributed by atoms with E-state index in [0.717, 1.165) is 38.1 Å². The Morgan fingerprint density at radius 2 is 2.11 bits per heavy atom. The Morgan fingerprint density at radius 1 is 1.26 bits per heavy atom. The molecule has 0 amide bonds. The van der Waals surface area contributed by atoms with Crippen molar-refractivity contribution in [3.05, 3.63) is 35.8 Å². The second kappa shape index (κ2) is 5.43. The summed E-state index contributed by atoms with van der Waals surface area (Å²) in [6, 6.07) is 6.26. The number of hydrogen-bond donors (Lipinski definition) is 1. The van der Waals surface area contributed by atoms with Gasteiger partial charge >= 0.3 is 0 Å². The van der Waals surface area contributed by atoms with Gasteiger partial charge in [0.15, 0.2) is 5.76 Å². The first kappa shape index (κ1) is 12.2. The highest BCUT2D eigenvalue weighted by Gasteiger charge is 2.07. The molecule has 1 fully saturated rings. The molecule has 0 atom stereocenters. The van der Waals surface area contributed by atoms with Crippen molar-refractivity contribution in [3.63, 3.8) is 0 Å². The lowest BCUT2D eigenvalue weighted by Crippen LogP contribution is -2.43. The van der Waals surface area contributed by atoms with E-state index in [1.165, 1.54) is 12.1 Å². The molecule has 3 rings (SSSR count). The summed E-state index contributed by atoms with van der Waals surface area (Å²) in [5, 5.41) is 4.06. The van der Waals surface area contributed by atoms with Crippen molar-refractivity contribution in [2.45, 2.75) is 0 Å². The van der Waals surface area contributed by atoms with E-state index in [1.54, 1.807) is 12.1 Å². The zero-order chi connectivity index (χ0) is 13.1.